The van der Waals surface area contributed by atoms with Crippen LogP contribution in [0.15, 0.2) is 60.7 Å². The van der Waals surface area contributed by atoms with E-state index >= 15 is 0 Å². The van der Waals surface area contributed by atoms with Crippen molar-refractivity contribution in [1.82, 2.24) is 14.4 Å². The molecule has 0 N–H and O–H groups in total. The fourth-order valence-corrected chi connectivity index (χ4v) is 4.44. The summed E-state index contributed by atoms with van der Waals surface area (Å²) in [6, 6.07) is 19.3. The fraction of sp³-hybridized carbons (Fsp3) is 0.308. The number of hydrogen-bond acceptors (Lipinski definition) is 3. The van der Waals surface area contributed by atoms with Gasteiger partial charge < -0.3 is 19.1 Å². The van der Waals surface area contributed by atoms with E-state index in [-0.39, 0.29) is 11.8 Å². The van der Waals surface area contributed by atoms with E-state index in [1.165, 1.54) is 0 Å². The molecule has 0 atom stereocenters. The third-order valence-corrected chi connectivity index (χ3v) is 6.08. The van der Waals surface area contributed by atoms with Gasteiger partial charge in [0, 0.05) is 43.3 Å². The molecule has 1 aromatic heterocycles. The van der Waals surface area contributed by atoms with Crippen molar-refractivity contribution >= 4 is 11.8 Å². The Bertz CT molecular complexity index is 1120. The minimum Gasteiger partial charge on any atom is -0.496 e. The van der Waals surface area contributed by atoms with Gasteiger partial charge in [-0.05, 0) is 50.6 Å². The average molecular weight is 432 g/mol. The summed E-state index contributed by atoms with van der Waals surface area (Å²) in [5.74, 6) is 0.536. The lowest BCUT2D eigenvalue weighted by Gasteiger charge is -2.23. The van der Waals surface area contributed by atoms with Crippen molar-refractivity contribution in [1.29, 1.82) is 0 Å². The first-order valence-electron chi connectivity index (χ1n) is 11.0. The number of ether oxygens (including phenoxy) is 1. The molecule has 6 nitrogen and oxygen atoms in total. The van der Waals surface area contributed by atoms with Gasteiger partial charge in [0.05, 0.1) is 18.2 Å². The molecule has 2 heterocycles. The van der Waals surface area contributed by atoms with Gasteiger partial charge in [0.15, 0.2) is 0 Å². The smallest absolute Gasteiger partial charge is 0.257 e. The van der Waals surface area contributed by atoms with Gasteiger partial charge in [-0.1, -0.05) is 30.3 Å². The summed E-state index contributed by atoms with van der Waals surface area (Å²) in [7, 11) is 1.57. The van der Waals surface area contributed by atoms with E-state index in [0.29, 0.717) is 37.5 Å². The van der Waals surface area contributed by atoms with E-state index in [1.807, 2.05) is 72.2 Å². The van der Waals surface area contributed by atoms with Gasteiger partial charge in [0.1, 0.15) is 5.75 Å². The molecule has 1 fully saturated rings. The number of nitrogens with zero attached hydrogens (tertiary/aromatic N) is 3. The summed E-state index contributed by atoms with van der Waals surface area (Å²) in [6.07, 6.45) is 0.740. The van der Waals surface area contributed by atoms with Crippen LogP contribution < -0.4 is 4.74 Å². The molecule has 166 valence electrons. The molecule has 2 amide bonds. The Morgan fingerprint density at radius 2 is 1.38 bits per heavy atom. The van der Waals surface area contributed by atoms with Crippen LogP contribution in [0.25, 0.3) is 5.69 Å². The normalized spacial score (nSPS) is 14.2. The third kappa shape index (κ3) is 4.13. The van der Waals surface area contributed by atoms with E-state index < -0.39 is 0 Å². The Hall–Kier alpha value is -3.54. The van der Waals surface area contributed by atoms with Crippen LogP contribution in [0.2, 0.25) is 0 Å². The number of methoxy groups -OCH3 is 1. The molecule has 4 rings (SSSR count). The van der Waals surface area contributed by atoms with Crippen LogP contribution in [0.1, 0.15) is 38.5 Å². The van der Waals surface area contributed by atoms with Crippen molar-refractivity contribution in [3.63, 3.8) is 0 Å². The molecular weight excluding hydrogens is 402 g/mol. The SMILES string of the molecule is COc1ccccc1C(=O)N1CCCN(C(=O)c2cc(C)n(-c3ccccc3)c2C)CC1. The Balaban J connectivity index is 1.51. The van der Waals surface area contributed by atoms with E-state index in [4.69, 9.17) is 4.74 Å². The molecule has 0 aliphatic carbocycles. The predicted molar refractivity (Wildman–Crippen MR) is 125 cm³/mol. The number of benzene rings is 2. The maximum absolute atomic E-state index is 13.4. The number of aromatic nitrogens is 1. The molecule has 2 aromatic carbocycles. The molecule has 0 spiro atoms. The number of amides is 2. The van der Waals surface area contributed by atoms with Gasteiger partial charge in [0.2, 0.25) is 0 Å². The second-order valence-corrected chi connectivity index (χ2v) is 8.09. The molecule has 0 saturated carbocycles. The highest BCUT2D eigenvalue weighted by Crippen LogP contribution is 2.24. The number of para-hydroxylation sites is 2. The van der Waals surface area contributed by atoms with Crippen LogP contribution in [0.3, 0.4) is 0 Å². The summed E-state index contributed by atoms with van der Waals surface area (Å²) < 4.78 is 7.47. The monoisotopic (exact) mass is 431 g/mol. The van der Waals surface area contributed by atoms with Gasteiger partial charge >= 0.3 is 0 Å². The summed E-state index contributed by atoms with van der Waals surface area (Å²) in [4.78, 5) is 30.2. The summed E-state index contributed by atoms with van der Waals surface area (Å²) in [6.45, 7) is 6.26. The van der Waals surface area contributed by atoms with Crippen LogP contribution >= 0.6 is 0 Å². The fourth-order valence-electron chi connectivity index (χ4n) is 4.44. The van der Waals surface area contributed by atoms with Gasteiger partial charge in [-0.3, -0.25) is 9.59 Å². The van der Waals surface area contributed by atoms with Crippen molar-refractivity contribution in [2.75, 3.05) is 33.3 Å². The second kappa shape index (κ2) is 9.30. The van der Waals surface area contributed by atoms with E-state index in [9.17, 15) is 9.59 Å². The summed E-state index contributed by atoms with van der Waals surface area (Å²) >= 11 is 0. The quantitative estimate of drug-likeness (QED) is 0.625. The minimum absolute atomic E-state index is 0.0203. The number of carbonyl (C=O) groups is 2. The van der Waals surface area contributed by atoms with Gasteiger partial charge in [-0.15, -0.1) is 0 Å². The zero-order valence-corrected chi connectivity index (χ0v) is 18.9. The molecule has 1 aliphatic rings. The van der Waals surface area contributed by atoms with Crippen LogP contribution in [-0.4, -0.2) is 59.5 Å². The predicted octanol–water partition coefficient (Wildman–Crippen LogP) is 4.09. The zero-order valence-electron chi connectivity index (χ0n) is 18.9. The molecule has 0 radical (unpaired) electrons. The highest BCUT2D eigenvalue weighted by Gasteiger charge is 2.27. The second-order valence-electron chi connectivity index (χ2n) is 8.09. The lowest BCUT2D eigenvalue weighted by Crippen LogP contribution is -2.37. The molecule has 32 heavy (non-hydrogen) atoms. The maximum atomic E-state index is 13.4. The number of hydrogen-bond donors (Lipinski definition) is 0. The van der Waals surface area contributed by atoms with Crippen molar-refractivity contribution < 1.29 is 14.3 Å². The van der Waals surface area contributed by atoms with Crippen LogP contribution in [0, 0.1) is 13.8 Å². The largest absolute Gasteiger partial charge is 0.496 e. The standard InChI is InChI=1S/C26H29N3O3/c1-19-18-23(20(2)29(19)21-10-5-4-6-11-21)26(31)28-15-9-14-27(16-17-28)25(30)22-12-7-8-13-24(22)32-3/h4-8,10-13,18H,9,14-17H2,1-3H3. The lowest BCUT2D eigenvalue weighted by atomic mass is 10.1. The van der Waals surface area contributed by atoms with Crippen molar-refractivity contribution in [3.8, 4) is 11.4 Å². The molecule has 0 unspecified atom stereocenters. The van der Waals surface area contributed by atoms with Gasteiger partial charge in [-0.2, -0.15) is 0 Å². The Kier molecular flexibility index (Phi) is 6.30. The Morgan fingerprint density at radius 1 is 0.781 bits per heavy atom. The zero-order chi connectivity index (χ0) is 22.7. The number of rotatable bonds is 4. The first-order chi connectivity index (χ1) is 15.5. The first kappa shape index (κ1) is 21.7. The number of carbonyl (C=O) groups excluding carboxylic acids is 2. The lowest BCUT2D eigenvalue weighted by molar-refractivity contribution is 0.0716. The summed E-state index contributed by atoms with van der Waals surface area (Å²) in [5, 5.41) is 0. The van der Waals surface area contributed by atoms with Gasteiger partial charge in [-0.25, -0.2) is 0 Å². The van der Waals surface area contributed by atoms with Crippen molar-refractivity contribution in [2.45, 2.75) is 20.3 Å². The summed E-state index contributed by atoms with van der Waals surface area (Å²) in [5.41, 5.74) is 4.28. The minimum atomic E-state index is -0.0565. The molecule has 1 aliphatic heterocycles. The average Bonchev–Trinajstić information content (AvgIpc) is 2.98. The van der Waals surface area contributed by atoms with Crippen LogP contribution in [0.5, 0.6) is 5.75 Å². The molecule has 6 heteroatoms. The highest BCUT2D eigenvalue weighted by atomic mass is 16.5. The Morgan fingerprint density at radius 3 is 2.03 bits per heavy atom. The van der Waals surface area contributed by atoms with Crippen molar-refractivity contribution in [2.24, 2.45) is 0 Å². The molecular formula is C26H29N3O3. The molecule has 3 aromatic rings. The first-order valence-corrected chi connectivity index (χ1v) is 11.0. The number of aryl methyl sites for hydroxylation is 1. The maximum Gasteiger partial charge on any atom is 0.257 e. The van der Waals surface area contributed by atoms with Crippen LogP contribution in [-0.2, 0) is 0 Å². The Labute approximate surface area is 189 Å². The third-order valence-electron chi connectivity index (χ3n) is 6.08. The molecule has 0 bridgehead atoms. The van der Waals surface area contributed by atoms with E-state index in [1.54, 1.807) is 19.2 Å². The van der Waals surface area contributed by atoms with Crippen molar-refractivity contribution in [3.05, 3.63) is 83.2 Å². The van der Waals surface area contributed by atoms with Crippen LogP contribution in [0.4, 0.5) is 0 Å². The van der Waals surface area contributed by atoms with E-state index in [0.717, 1.165) is 29.1 Å². The topological polar surface area (TPSA) is 54.8 Å². The van der Waals surface area contributed by atoms with Gasteiger partial charge in [0.25, 0.3) is 11.8 Å². The molecule has 1 saturated heterocycles. The highest BCUT2D eigenvalue weighted by molar-refractivity contribution is 5.97. The van der Waals surface area contributed by atoms with E-state index in [2.05, 4.69) is 4.57 Å².